The van der Waals surface area contributed by atoms with E-state index in [-0.39, 0.29) is 23.1 Å². The predicted molar refractivity (Wildman–Crippen MR) is 64.3 cm³/mol. The number of aliphatic hydroxyl groups excluding tert-OH is 2. The van der Waals surface area contributed by atoms with Crippen molar-refractivity contribution < 1.29 is 24.9 Å². The zero-order valence-corrected chi connectivity index (χ0v) is 9.85. The van der Waals surface area contributed by atoms with E-state index < -0.39 is 24.2 Å². The molecule has 4 atom stereocenters. The van der Waals surface area contributed by atoms with Gasteiger partial charge in [-0.1, -0.05) is 12.1 Å². The Morgan fingerprint density at radius 1 is 1.21 bits per heavy atom. The maximum absolute atomic E-state index is 12.0. The summed E-state index contributed by atoms with van der Waals surface area (Å²) in [6, 6.07) is 6.09. The van der Waals surface area contributed by atoms with Gasteiger partial charge in [0.25, 0.3) is 5.91 Å². The van der Waals surface area contributed by atoms with Crippen LogP contribution in [0, 0.1) is 0 Å². The van der Waals surface area contributed by atoms with Crippen LogP contribution in [-0.4, -0.2) is 45.6 Å². The van der Waals surface area contributed by atoms with Crippen molar-refractivity contribution in [2.24, 2.45) is 0 Å². The van der Waals surface area contributed by atoms with Crippen LogP contribution in [-0.2, 0) is 4.74 Å². The highest BCUT2D eigenvalue weighted by atomic mass is 16.6. The SMILES string of the molecule is O=C(NC1=C[C@@H](O)C2O[C@@H]2[C@H]1O)c1ccccc1O. The molecule has 1 unspecified atom stereocenters. The van der Waals surface area contributed by atoms with E-state index in [1.54, 1.807) is 12.1 Å². The van der Waals surface area contributed by atoms with Crippen molar-refractivity contribution in [3.8, 4) is 5.75 Å². The number of fused-ring (bicyclic) bond motifs is 1. The standard InChI is InChI=1S/C13H13NO5/c15-8-4-2-1-3-6(8)13(18)14-7-5-9(16)11-12(19-11)10(7)17/h1-5,9-12,15-17H,(H,14,18)/t9-,10+,11?,12-/m1/s1. The summed E-state index contributed by atoms with van der Waals surface area (Å²) in [5.74, 6) is -0.693. The van der Waals surface area contributed by atoms with Gasteiger partial charge in [-0.25, -0.2) is 0 Å². The molecular weight excluding hydrogens is 250 g/mol. The molecule has 2 aliphatic rings. The maximum Gasteiger partial charge on any atom is 0.259 e. The zero-order valence-electron chi connectivity index (χ0n) is 9.85. The van der Waals surface area contributed by atoms with Gasteiger partial charge in [-0.3, -0.25) is 4.79 Å². The number of hydrogen-bond acceptors (Lipinski definition) is 5. The molecule has 0 radical (unpaired) electrons. The minimum atomic E-state index is -0.969. The lowest BCUT2D eigenvalue weighted by Crippen LogP contribution is -2.38. The van der Waals surface area contributed by atoms with Crippen LogP contribution in [0.1, 0.15) is 10.4 Å². The maximum atomic E-state index is 12.0. The van der Waals surface area contributed by atoms with Gasteiger partial charge in [0.15, 0.2) is 0 Å². The third kappa shape index (κ3) is 2.10. The van der Waals surface area contributed by atoms with Crippen molar-refractivity contribution in [3.05, 3.63) is 41.6 Å². The van der Waals surface area contributed by atoms with E-state index in [1.165, 1.54) is 18.2 Å². The summed E-state index contributed by atoms with van der Waals surface area (Å²) in [5, 5.41) is 31.6. The molecule has 0 spiro atoms. The van der Waals surface area contributed by atoms with Crippen LogP contribution in [0.15, 0.2) is 36.0 Å². The molecule has 6 heteroatoms. The monoisotopic (exact) mass is 263 g/mol. The molecule has 0 aromatic heterocycles. The van der Waals surface area contributed by atoms with Crippen LogP contribution in [0.5, 0.6) is 5.75 Å². The molecule has 4 N–H and O–H groups in total. The zero-order chi connectivity index (χ0) is 13.6. The van der Waals surface area contributed by atoms with Gasteiger partial charge in [0.2, 0.25) is 0 Å². The molecule has 1 fully saturated rings. The normalized spacial score (nSPS) is 32.2. The number of aromatic hydroxyl groups is 1. The molecule has 1 aliphatic carbocycles. The highest BCUT2D eigenvalue weighted by Gasteiger charge is 2.52. The van der Waals surface area contributed by atoms with Crippen LogP contribution in [0.3, 0.4) is 0 Å². The largest absolute Gasteiger partial charge is 0.507 e. The predicted octanol–water partition coefficient (Wildman–Crippen LogP) is -0.491. The summed E-state index contributed by atoms with van der Waals surface area (Å²) in [5.41, 5.74) is 0.295. The number of epoxide rings is 1. The lowest BCUT2D eigenvalue weighted by Gasteiger charge is -2.20. The van der Waals surface area contributed by atoms with Gasteiger partial charge in [0, 0.05) is 5.70 Å². The van der Waals surface area contributed by atoms with Crippen LogP contribution in [0.4, 0.5) is 0 Å². The van der Waals surface area contributed by atoms with Crippen molar-refractivity contribution in [3.63, 3.8) is 0 Å². The number of ether oxygens (including phenoxy) is 1. The lowest BCUT2D eigenvalue weighted by atomic mass is 9.99. The molecule has 0 saturated carbocycles. The average Bonchev–Trinajstić information content (AvgIpc) is 3.17. The minimum Gasteiger partial charge on any atom is -0.507 e. The topological polar surface area (TPSA) is 102 Å². The Labute approximate surface area is 108 Å². The first-order valence-corrected chi connectivity index (χ1v) is 5.90. The number of aliphatic hydroxyl groups is 2. The first-order chi connectivity index (χ1) is 9.08. The Hall–Kier alpha value is -1.89. The molecule has 6 nitrogen and oxygen atoms in total. The number of benzene rings is 1. The van der Waals surface area contributed by atoms with Gasteiger partial charge in [-0.2, -0.15) is 0 Å². The summed E-state index contributed by atoms with van der Waals surface area (Å²) in [7, 11) is 0. The molecule has 0 bridgehead atoms. The number of nitrogens with one attached hydrogen (secondary N) is 1. The lowest BCUT2D eigenvalue weighted by molar-refractivity contribution is 0.0931. The molecule has 1 aliphatic heterocycles. The number of hydrogen-bond donors (Lipinski definition) is 4. The Morgan fingerprint density at radius 3 is 2.68 bits per heavy atom. The van der Waals surface area contributed by atoms with Gasteiger partial charge in [-0.05, 0) is 18.2 Å². The molecular formula is C13H13NO5. The summed E-state index contributed by atoms with van der Waals surface area (Å²) < 4.78 is 5.09. The smallest absolute Gasteiger partial charge is 0.259 e. The van der Waals surface area contributed by atoms with Crippen molar-refractivity contribution in [2.45, 2.75) is 24.4 Å². The second-order valence-corrected chi connectivity index (χ2v) is 4.59. The Bertz CT molecular complexity index is 556. The Balaban J connectivity index is 1.78. The molecule has 3 rings (SSSR count). The van der Waals surface area contributed by atoms with Gasteiger partial charge in [0.05, 0.1) is 5.56 Å². The highest BCUT2D eigenvalue weighted by Crippen LogP contribution is 2.35. The van der Waals surface area contributed by atoms with Gasteiger partial charge in [-0.15, -0.1) is 0 Å². The fraction of sp³-hybridized carbons (Fsp3) is 0.308. The third-order valence-electron chi connectivity index (χ3n) is 3.28. The Kier molecular flexibility index (Phi) is 2.78. The van der Waals surface area contributed by atoms with Crippen LogP contribution >= 0.6 is 0 Å². The molecule has 1 heterocycles. The first kappa shape index (κ1) is 12.2. The second-order valence-electron chi connectivity index (χ2n) is 4.59. The number of para-hydroxylation sites is 1. The molecule has 1 aromatic carbocycles. The number of rotatable bonds is 2. The van der Waals surface area contributed by atoms with Crippen molar-refractivity contribution in [1.82, 2.24) is 5.32 Å². The van der Waals surface area contributed by atoms with Crippen molar-refractivity contribution >= 4 is 5.91 Å². The summed E-state index contributed by atoms with van der Waals surface area (Å²) in [6.45, 7) is 0. The number of carbonyl (C=O) groups excluding carboxylic acids is 1. The van der Waals surface area contributed by atoms with E-state index in [0.29, 0.717) is 0 Å². The van der Waals surface area contributed by atoms with E-state index >= 15 is 0 Å². The summed E-state index contributed by atoms with van der Waals surface area (Å²) in [4.78, 5) is 12.0. The van der Waals surface area contributed by atoms with Crippen LogP contribution < -0.4 is 5.32 Å². The number of carbonyl (C=O) groups is 1. The Morgan fingerprint density at radius 2 is 1.95 bits per heavy atom. The molecule has 1 saturated heterocycles. The third-order valence-corrected chi connectivity index (χ3v) is 3.28. The fourth-order valence-electron chi connectivity index (χ4n) is 2.20. The van der Waals surface area contributed by atoms with E-state index in [1.807, 2.05) is 0 Å². The van der Waals surface area contributed by atoms with E-state index in [9.17, 15) is 20.1 Å². The van der Waals surface area contributed by atoms with Crippen molar-refractivity contribution in [1.29, 1.82) is 0 Å². The van der Waals surface area contributed by atoms with E-state index in [4.69, 9.17) is 4.74 Å². The van der Waals surface area contributed by atoms with Crippen molar-refractivity contribution in [2.75, 3.05) is 0 Å². The summed E-state index contributed by atoms with van der Waals surface area (Å²) >= 11 is 0. The van der Waals surface area contributed by atoms with E-state index in [0.717, 1.165) is 0 Å². The van der Waals surface area contributed by atoms with Gasteiger partial charge in [0.1, 0.15) is 30.2 Å². The first-order valence-electron chi connectivity index (χ1n) is 5.90. The number of amides is 1. The van der Waals surface area contributed by atoms with Crippen LogP contribution in [0.25, 0.3) is 0 Å². The second kappa shape index (κ2) is 4.34. The van der Waals surface area contributed by atoms with E-state index in [2.05, 4.69) is 5.32 Å². The molecule has 100 valence electrons. The molecule has 19 heavy (non-hydrogen) atoms. The van der Waals surface area contributed by atoms with Gasteiger partial charge < -0.3 is 25.4 Å². The van der Waals surface area contributed by atoms with Crippen LogP contribution in [0.2, 0.25) is 0 Å². The van der Waals surface area contributed by atoms with Gasteiger partial charge >= 0.3 is 0 Å². The fourth-order valence-corrected chi connectivity index (χ4v) is 2.20. The highest BCUT2D eigenvalue weighted by molar-refractivity contribution is 5.97. The quantitative estimate of drug-likeness (QED) is 0.539. The molecule has 1 aromatic rings. The molecule has 1 amide bonds. The average molecular weight is 263 g/mol. The minimum absolute atomic E-state index is 0.101. The number of phenols is 1. The number of phenolic OH excluding ortho intramolecular Hbond substituents is 1. The summed E-state index contributed by atoms with van der Waals surface area (Å²) in [6.07, 6.45) is -1.31.